The first-order valence-corrected chi connectivity index (χ1v) is 7.31. The lowest BCUT2D eigenvalue weighted by Crippen LogP contribution is -2.15. The van der Waals surface area contributed by atoms with E-state index in [9.17, 15) is 14.9 Å². The van der Waals surface area contributed by atoms with E-state index in [1.165, 1.54) is 12.1 Å². The monoisotopic (exact) mass is 293 g/mol. The third kappa shape index (κ3) is 6.35. The number of nitro benzene ring substituents is 1. The number of amides is 1. The van der Waals surface area contributed by atoms with E-state index in [2.05, 4.69) is 12.2 Å². The van der Waals surface area contributed by atoms with Crippen molar-refractivity contribution in [3.05, 3.63) is 34.4 Å². The van der Waals surface area contributed by atoms with Gasteiger partial charge in [-0.1, -0.05) is 19.8 Å². The Morgan fingerprint density at radius 2 is 1.95 bits per heavy atom. The maximum atomic E-state index is 11.9. The van der Waals surface area contributed by atoms with Gasteiger partial charge in [0.05, 0.1) is 4.92 Å². The average molecular weight is 293 g/mol. The van der Waals surface area contributed by atoms with E-state index in [0.717, 1.165) is 25.7 Å². The van der Waals surface area contributed by atoms with Crippen molar-refractivity contribution in [2.75, 3.05) is 11.9 Å². The van der Waals surface area contributed by atoms with Gasteiger partial charge in [-0.25, -0.2) is 0 Å². The van der Waals surface area contributed by atoms with Gasteiger partial charge in [0.15, 0.2) is 0 Å². The summed E-state index contributed by atoms with van der Waals surface area (Å²) in [5.41, 5.74) is 6.17. The van der Waals surface area contributed by atoms with Crippen LogP contribution in [0.5, 0.6) is 0 Å². The van der Waals surface area contributed by atoms with Gasteiger partial charge < -0.3 is 11.1 Å². The smallest absolute Gasteiger partial charge is 0.269 e. The molecule has 0 saturated carbocycles. The van der Waals surface area contributed by atoms with Crippen LogP contribution in [0.3, 0.4) is 0 Å². The highest BCUT2D eigenvalue weighted by atomic mass is 16.6. The SMILES string of the molecule is CCCC(CCN)CCC(=O)Nc1ccc([N+](=O)[O-])cc1. The molecule has 1 atom stereocenters. The van der Waals surface area contributed by atoms with E-state index in [-0.39, 0.29) is 11.6 Å². The third-order valence-corrected chi connectivity index (χ3v) is 3.41. The second kappa shape index (κ2) is 9.07. The first-order valence-electron chi connectivity index (χ1n) is 7.31. The molecule has 0 aliphatic rings. The number of nitrogens with zero attached hydrogens (tertiary/aromatic N) is 1. The highest BCUT2D eigenvalue weighted by Crippen LogP contribution is 2.19. The van der Waals surface area contributed by atoms with Crippen LogP contribution >= 0.6 is 0 Å². The summed E-state index contributed by atoms with van der Waals surface area (Å²) >= 11 is 0. The molecule has 1 unspecified atom stereocenters. The van der Waals surface area contributed by atoms with Crippen LogP contribution in [-0.2, 0) is 4.79 Å². The minimum absolute atomic E-state index is 0.0129. The number of benzene rings is 1. The third-order valence-electron chi connectivity index (χ3n) is 3.41. The number of non-ortho nitro benzene ring substituents is 1. The first-order chi connectivity index (χ1) is 10.1. The fourth-order valence-electron chi connectivity index (χ4n) is 2.30. The summed E-state index contributed by atoms with van der Waals surface area (Å²) < 4.78 is 0. The summed E-state index contributed by atoms with van der Waals surface area (Å²) in [5, 5.41) is 13.3. The summed E-state index contributed by atoms with van der Waals surface area (Å²) in [6.07, 6.45) is 4.39. The first kappa shape index (κ1) is 17.1. The zero-order chi connectivity index (χ0) is 15.7. The molecule has 0 spiro atoms. The molecular weight excluding hydrogens is 270 g/mol. The van der Waals surface area contributed by atoms with Crippen LogP contribution in [0.2, 0.25) is 0 Å². The molecule has 21 heavy (non-hydrogen) atoms. The number of carbonyl (C=O) groups excluding carboxylic acids is 1. The van der Waals surface area contributed by atoms with Crippen LogP contribution in [0.25, 0.3) is 0 Å². The van der Waals surface area contributed by atoms with Gasteiger partial charge in [-0.05, 0) is 37.4 Å². The Hall–Kier alpha value is -1.95. The highest BCUT2D eigenvalue weighted by molar-refractivity contribution is 5.90. The van der Waals surface area contributed by atoms with Crippen LogP contribution in [0.4, 0.5) is 11.4 Å². The van der Waals surface area contributed by atoms with Crippen molar-refractivity contribution in [1.82, 2.24) is 0 Å². The summed E-state index contributed by atoms with van der Waals surface area (Å²) in [5.74, 6) is 0.421. The van der Waals surface area contributed by atoms with Crippen LogP contribution in [0.15, 0.2) is 24.3 Å². The zero-order valence-electron chi connectivity index (χ0n) is 12.4. The van der Waals surface area contributed by atoms with Crippen LogP contribution in [0.1, 0.15) is 39.0 Å². The Labute approximate surface area is 124 Å². The molecule has 1 amide bonds. The van der Waals surface area contributed by atoms with Gasteiger partial charge in [0.2, 0.25) is 5.91 Å². The predicted octanol–water partition coefficient (Wildman–Crippen LogP) is 3.08. The minimum Gasteiger partial charge on any atom is -0.330 e. The fourth-order valence-corrected chi connectivity index (χ4v) is 2.30. The van der Waals surface area contributed by atoms with E-state index in [1.54, 1.807) is 12.1 Å². The van der Waals surface area contributed by atoms with Gasteiger partial charge in [-0.15, -0.1) is 0 Å². The maximum absolute atomic E-state index is 11.9. The van der Waals surface area contributed by atoms with Gasteiger partial charge in [-0.3, -0.25) is 14.9 Å². The second-order valence-corrected chi connectivity index (χ2v) is 5.12. The molecule has 1 aromatic rings. The van der Waals surface area contributed by atoms with E-state index < -0.39 is 4.92 Å². The van der Waals surface area contributed by atoms with Crippen LogP contribution < -0.4 is 11.1 Å². The van der Waals surface area contributed by atoms with Gasteiger partial charge in [-0.2, -0.15) is 0 Å². The van der Waals surface area contributed by atoms with E-state index in [0.29, 0.717) is 24.6 Å². The molecule has 0 saturated heterocycles. The molecule has 0 radical (unpaired) electrons. The summed E-state index contributed by atoms with van der Waals surface area (Å²) in [4.78, 5) is 21.9. The zero-order valence-corrected chi connectivity index (χ0v) is 12.4. The molecule has 116 valence electrons. The highest BCUT2D eigenvalue weighted by Gasteiger charge is 2.11. The van der Waals surface area contributed by atoms with Gasteiger partial charge in [0.25, 0.3) is 5.69 Å². The summed E-state index contributed by atoms with van der Waals surface area (Å²) in [6, 6.07) is 5.84. The molecule has 6 heteroatoms. The molecule has 1 rings (SSSR count). The number of hydrogen-bond donors (Lipinski definition) is 2. The Morgan fingerprint density at radius 3 is 2.48 bits per heavy atom. The van der Waals surface area contributed by atoms with Crippen molar-refractivity contribution < 1.29 is 9.72 Å². The van der Waals surface area contributed by atoms with E-state index in [4.69, 9.17) is 5.73 Å². The molecule has 0 heterocycles. The number of nitrogens with one attached hydrogen (secondary N) is 1. The molecule has 0 bridgehead atoms. The molecule has 6 nitrogen and oxygen atoms in total. The summed E-state index contributed by atoms with van der Waals surface area (Å²) in [6.45, 7) is 2.77. The number of anilines is 1. The molecule has 0 fully saturated rings. The van der Waals surface area contributed by atoms with Gasteiger partial charge >= 0.3 is 0 Å². The Bertz CT molecular complexity index is 454. The van der Waals surface area contributed by atoms with E-state index >= 15 is 0 Å². The lowest BCUT2D eigenvalue weighted by Gasteiger charge is -2.14. The van der Waals surface area contributed by atoms with E-state index in [1.807, 2.05) is 0 Å². The number of carbonyl (C=O) groups is 1. The lowest BCUT2D eigenvalue weighted by atomic mass is 9.94. The van der Waals surface area contributed by atoms with Crippen LogP contribution in [0, 0.1) is 16.0 Å². The maximum Gasteiger partial charge on any atom is 0.269 e. The predicted molar refractivity (Wildman–Crippen MR) is 83.0 cm³/mol. The van der Waals surface area contributed by atoms with Crippen molar-refractivity contribution >= 4 is 17.3 Å². The number of nitro groups is 1. The molecule has 3 N–H and O–H groups in total. The standard InChI is InChI=1S/C15H23N3O3/c1-2-3-12(10-11-16)4-9-15(19)17-13-5-7-14(8-6-13)18(20)21/h5-8,12H,2-4,9-11,16H2,1H3,(H,17,19). The topological polar surface area (TPSA) is 98.3 Å². The van der Waals surface area contributed by atoms with Gasteiger partial charge in [0.1, 0.15) is 0 Å². The average Bonchev–Trinajstić information content (AvgIpc) is 2.46. The Morgan fingerprint density at radius 1 is 1.29 bits per heavy atom. The van der Waals surface area contributed by atoms with Crippen molar-refractivity contribution in [1.29, 1.82) is 0 Å². The van der Waals surface area contributed by atoms with Crippen LogP contribution in [-0.4, -0.2) is 17.4 Å². The second-order valence-electron chi connectivity index (χ2n) is 5.12. The largest absolute Gasteiger partial charge is 0.330 e. The molecule has 0 aromatic heterocycles. The number of nitrogens with two attached hydrogens (primary N) is 1. The van der Waals surface area contributed by atoms with Gasteiger partial charge in [0, 0.05) is 24.2 Å². The fraction of sp³-hybridized carbons (Fsp3) is 0.533. The minimum atomic E-state index is -0.465. The van der Waals surface area contributed by atoms with Crippen molar-refractivity contribution in [3.63, 3.8) is 0 Å². The number of hydrogen-bond acceptors (Lipinski definition) is 4. The lowest BCUT2D eigenvalue weighted by molar-refractivity contribution is -0.384. The quantitative estimate of drug-likeness (QED) is 0.540. The number of rotatable bonds is 9. The molecular formula is C15H23N3O3. The van der Waals surface area contributed by atoms with Crippen molar-refractivity contribution in [2.24, 2.45) is 11.7 Å². The molecule has 0 aliphatic heterocycles. The van der Waals surface area contributed by atoms with Crippen molar-refractivity contribution in [2.45, 2.75) is 39.0 Å². The molecule has 1 aromatic carbocycles. The Kier molecular flexibility index (Phi) is 7.39. The van der Waals surface area contributed by atoms with Crippen molar-refractivity contribution in [3.8, 4) is 0 Å². The Balaban J connectivity index is 2.43. The normalized spacial score (nSPS) is 11.9. The summed E-state index contributed by atoms with van der Waals surface area (Å²) in [7, 11) is 0. The molecule has 0 aliphatic carbocycles.